The molecule has 1 aliphatic heterocycles. The van der Waals surface area contributed by atoms with Crippen molar-refractivity contribution in [3.05, 3.63) is 46.0 Å². The molecule has 0 saturated carbocycles. The van der Waals surface area contributed by atoms with Crippen LogP contribution in [0.15, 0.2) is 33.3 Å². The fraction of sp³-hybridized carbons (Fsp3) is 0.429. The van der Waals surface area contributed by atoms with E-state index in [-0.39, 0.29) is 6.10 Å². The molecule has 5 nitrogen and oxygen atoms in total. The summed E-state index contributed by atoms with van der Waals surface area (Å²) in [4.78, 5) is 6.60. The van der Waals surface area contributed by atoms with Gasteiger partial charge >= 0.3 is 0 Å². The van der Waals surface area contributed by atoms with Gasteiger partial charge in [-0.25, -0.2) is 0 Å². The van der Waals surface area contributed by atoms with E-state index in [9.17, 15) is 0 Å². The summed E-state index contributed by atoms with van der Waals surface area (Å²) in [6, 6.07) is 8.39. The van der Waals surface area contributed by atoms with Crippen LogP contribution in [0.25, 0.3) is 0 Å². The van der Waals surface area contributed by atoms with Crippen molar-refractivity contribution in [1.29, 1.82) is 0 Å². The van der Waals surface area contributed by atoms with Crippen LogP contribution in [0, 0.1) is 6.92 Å². The zero-order valence-electron chi connectivity index (χ0n) is 11.3. The van der Waals surface area contributed by atoms with E-state index in [1.807, 2.05) is 0 Å². The van der Waals surface area contributed by atoms with Gasteiger partial charge in [-0.1, -0.05) is 33.2 Å². The molecule has 1 atom stereocenters. The predicted molar refractivity (Wildman–Crippen MR) is 77.1 cm³/mol. The number of halogens is 1. The van der Waals surface area contributed by atoms with Crippen molar-refractivity contribution in [2.24, 2.45) is 0 Å². The number of hydrogen-bond donors (Lipinski definition) is 0. The number of morpholine rings is 1. The molecule has 2 heterocycles. The minimum Gasteiger partial charge on any atom is -0.367 e. The summed E-state index contributed by atoms with van der Waals surface area (Å²) < 4.78 is 11.9. The van der Waals surface area contributed by atoms with E-state index >= 15 is 0 Å². The second-order valence-corrected chi connectivity index (χ2v) is 5.81. The minimum atomic E-state index is -0.100. The molecule has 1 aliphatic rings. The lowest BCUT2D eigenvalue weighted by Crippen LogP contribution is -2.38. The molecule has 0 unspecified atom stereocenters. The fourth-order valence-corrected chi connectivity index (χ4v) is 2.56. The number of aryl methyl sites for hydroxylation is 1. The summed E-state index contributed by atoms with van der Waals surface area (Å²) in [5.74, 6) is 1.22. The Balaban J connectivity index is 1.64. The van der Waals surface area contributed by atoms with Gasteiger partial charge in [0, 0.05) is 31.0 Å². The second kappa shape index (κ2) is 6.03. The molecule has 106 valence electrons. The van der Waals surface area contributed by atoms with Crippen molar-refractivity contribution >= 4 is 15.9 Å². The van der Waals surface area contributed by atoms with Gasteiger partial charge in [0.25, 0.3) is 0 Å². The normalized spacial score (nSPS) is 20.2. The maximum atomic E-state index is 5.73. The average molecular weight is 338 g/mol. The van der Waals surface area contributed by atoms with Gasteiger partial charge in [-0.3, -0.25) is 4.90 Å². The molecule has 3 rings (SSSR count). The number of rotatable bonds is 3. The molecule has 1 fully saturated rings. The summed E-state index contributed by atoms with van der Waals surface area (Å²) in [6.45, 7) is 5.09. The average Bonchev–Trinajstić information content (AvgIpc) is 2.89. The Morgan fingerprint density at radius 3 is 2.85 bits per heavy atom. The van der Waals surface area contributed by atoms with E-state index in [4.69, 9.17) is 9.26 Å². The molecule has 0 radical (unpaired) electrons. The molecule has 0 amide bonds. The molecule has 1 saturated heterocycles. The van der Waals surface area contributed by atoms with Crippen molar-refractivity contribution < 1.29 is 9.26 Å². The van der Waals surface area contributed by atoms with Crippen molar-refractivity contribution in [1.82, 2.24) is 15.0 Å². The lowest BCUT2D eigenvalue weighted by atomic mass is 10.2. The van der Waals surface area contributed by atoms with Gasteiger partial charge in [-0.2, -0.15) is 4.98 Å². The van der Waals surface area contributed by atoms with Gasteiger partial charge in [-0.15, -0.1) is 0 Å². The Hall–Kier alpha value is -1.24. The first-order chi connectivity index (χ1) is 9.70. The number of nitrogens with zero attached hydrogens (tertiary/aromatic N) is 3. The summed E-state index contributed by atoms with van der Waals surface area (Å²) in [5.41, 5.74) is 1.29. The van der Waals surface area contributed by atoms with Crippen LogP contribution in [0.2, 0.25) is 0 Å². The first kappa shape index (κ1) is 13.7. The topological polar surface area (TPSA) is 51.4 Å². The fourth-order valence-electron chi connectivity index (χ4n) is 2.30. The Morgan fingerprint density at radius 2 is 2.15 bits per heavy atom. The van der Waals surface area contributed by atoms with Crippen LogP contribution < -0.4 is 0 Å². The molecular formula is C14H16BrN3O2. The third-order valence-corrected chi connectivity index (χ3v) is 3.83. The van der Waals surface area contributed by atoms with E-state index in [0.717, 1.165) is 24.1 Å². The Labute approximate surface area is 126 Å². The highest BCUT2D eigenvalue weighted by atomic mass is 79.9. The van der Waals surface area contributed by atoms with Crippen LogP contribution >= 0.6 is 15.9 Å². The van der Waals surface area contributed by atoms with Gasteiger partial charge < -0.3 is 9.26 Å². The summed E-state index contributed by atoms with van der Waals surface area (Å²) in [5, 5.41) is 3.95. The van der Waals surface area contributed by atoms with E-state index < -0.39 is 0 Å². The van der Waals surface area contributed by atoms with Gasteiger partial charge in [-0.05, 0) is 17.7 Å². The molecule has 2 aromatic rings. The number of aromatic nitrogens is 2. The highest BCUT2D eigenvalue weighted by Gasteiger charge is 2.25. The van der Waals surface area contributed by atoms with E-state index in [1.165, 1.54) is 5.56 Å². The summed E-state index contributed by atoms with van der Waals surface area (Å²) in [7, 11) is 0. The molecular weight excluding hydrogens is 322 g/mol. The van der Waals surface area contributed by atoms with Gasteiger partial charge in [0.05, 0.1) is 6.61 Å². The first-order valence-corrected chi connectivity index (χ1v) is 7.38. The SMILES string of the molecule is Cc1nc([C@H]2CN(Cc3ccc(Br)cc3)CCO2)no1. The monoisotopic (exact) mass is 337 g/mol. The molecule has 0 bridgehead atoms. The summed E-state index contributed by atoms with van der Waals surface area (Å²) >= 11 is 3.45. The van der Waals surface area contributed by atoms with Crippen LogP contribution in [0.5, 0.6) is 0 Å². The van der Waals surface area contributed by atoms with Crippen molar-refractivity contribution in [2.45, 2.75) is 19.6 Å². The van der Waals surface area contributed by atoms with Crippen LogP contribution in [-0.2, 0) is 11.3 Å². The van der Waals surface area contributed by atoms with E-state index in [2.05, 4.69) is 55.2 Å². The number of benzene rings is 1. The molecule has 1 aromatic carbocycles. The quantitative estimate of drug-likeness (QED) is 0.861. The smallest absolute Gasteiger partial charge is 0.223 e. The van der Waals surface area contributed by atoms with Gasteiger partial charge in [0.2, 0.25) is 11.7 Å². The molecule has 20 heavy (non-hydrogen) atoms. The van der Waals surface area contributed by atoms with Gasteiger partial charge in [0.1, 0.15) is 6.10 Å². The largest absolute Gasteiger partial charge is 0.367 e. The van der Waals surface area contributed by atoms with Crippen LogP contribution in [-0.4, -0.2) is 34.7 Å². The second-order valence-electron chi connectivity index (χ2n) is 4.89. The van der Waals surface area contributed by atoms with E-state index in [0.29, 0.717) is 18.3 Å². The van der Waals surface area contributed by atoms with Crippen LogP contribution in [0.1, 0.15) is 23.4 Å². The first-order valence-electron chi connectivity index (χ1n) is 6.59. The third-order valence-electron chi connectivity index (χ3n) is 3.30. The number of ether oxygens (including phenoxy) is 1. The lowest BCUT2D eigenvalue weighted by Gasteiger charge is -2.31. The zero-order valence-corrected chi connectivity index (χ0v) is 12.8. The lowest BCUT2D eigenvalue weighted by molar-refractivity contribution is -0.0380. The van der Waals surface area contributed by atoms with Gasteiger partial charge in [0.15, 0.2) is 0 Å². The molecule has 0 aliphatic carbocycles. The Kier molecular flexibility index (Phi) is 4.14. The van der Waals surface area contributed by atoms with Crippen molar-refractivity contribution in [3.8, 4) is 0 Å². The van der Waals surface area contributed by atoms with Crippen LogP contribution in [0.4, 0.5) is 0 Å². The van der Waals surface area contributed by atoms with Crippen LogP contribution in [0.3, 0.4) is 0 Å². The molecule has 1 aromatic heterocycles. The molecule has 0 spiro atoms. The third kappa shape index (κ3) is 3.26. The van der Waals surface area contributed by atoms with Crippen molar-refractivity contribution in [3.63, 3.8) is 0 Å². The molecule has 6 heteroatoms. The zero-order chi connectivity index (χ0) is 13.9. The highest BCUT2D eigenvalue weighted by molar-refractivity contribution is 9.10. The van der Waals surface area contributed by atoms with Crippen molar-refractivity contribution in [2.75, 3.05) is 19.7 Å². The predicted octanol–water partition coefficient (Wildman–Crippen LogP) is 2.71. The van der Waals surface area contributed by atoms with E-state index in [1.54, 1.807) is 6.92 Å². The number of hydrogen-bond acceptors (Lipinski definition) is 5. The summed E-state index contributed by atoms with van der Waals surface area (Å²) in [6.07, 6.45) is -0.100. The minimum absolute atomic E-state index is 0.100. The molecule has 0 N–H and O–H groups in total. The maximum Gasteiger partial charge on any atom is 0.223 e. The Bertz CT molecular complexity index is 570. The maximum absolute atomic E-state index is 5.73. The highest BCUT2D eigenvalue weighted by Crippen LogP contribution is 2.21. The Morgan fingerprint density at radius 1 is 1.35 bits per heavy atom. The standard InChI is InChI=1S/C14H16BrN3O2/c1-10-16-14(17-20-10)13-9-18(6-7-19-13)8-11-2-4-12(15)5-3-11/h2-5,13H,6-9H2,1H3/t13-/m1/s1.